The third-order valence-corrected chi connectivity index (χ3v) is 5.80. The van der Waals surface area contributed by atoms with E-state index in [0.717, 1.165) is 54.2 Å². The number of carbonyl (C=O) groups excluding carboxylic acids is 1. The van der Waals surface area contributed by atoms with Crippen LogP contribution in [0.1, 0.15) is 42.5 Å². The van der Waals surface area contributed by atoms with Crippen molar-refractivity contribution >= 4 is 5.91 Å². The summed E-state index contributed by atoms with van der Waals surface area (Å²) in [6, 6.07) is 13.9. The molecule has 154 valence electrons. The van der Waals surface area contributed by atoms with Crippen LogP contribution < -0.4 is 19.5 Å². The zero-order valence-corrected chi connectivity index (χ0v) is 17.0. The van der Waals surface area contributed by atoms with E-state index in [1.54, 1.807) is 14.2 Å². The van der Waals surface area contributed by atoms with Gasteiger partial charge in [0.05, 0.1) is 33.4 Å². The normalized spacial score (nSPS) is 21.2. The average molecular weight is 396 g/mol. The Morgan fingerprint density at radius 2 is 2.00 bits per heavy atom. The van der Waals surface area contributed by atoms with Crippen LogP contribution >= 0.6 is 0 Å². The molecule has 2 heterocycles. The van der Waals surface area contributed by atoms with Gasteiger partial charge in [-0.15, -0.1) is 0 Å². The summed E-state index contributed by atoms with van der Waals surface area (Å²) in [6.07, 6.45) is 2.84. The van der Waals surface area contributed by atoms with E-state index in [1.807, 2.05) is 42.5 Å². The maximum Gasteiger partial charge on any atom is 0.234 e. The number of hydrogen-bond donors (Lipinski definition) is 1. The van der Waals surface area contributed by atoms with Gasteiger partial charge in [0.25, 0.3) is 0 Å². The number of rotatable bonds is 6. The minimum atomic E-state index is -0.000131. The first kappa shape index (κ1) is 19.6. The lowest BCUT2D eigenvalue weighted by atomic mass is 10.0. The molecule has 2 unspecified atom stereocenters. The molecule has 2 aliphatic rings. The molecule has 4 rings (SSSR count). The number of para-hydroxylation sites is 1. The van der Waals surface area contributed by atoms with Gasteiger partial charge in [0.1, 0.15) is 17.2 Å². The van der Waals surface area contributed by atoms with Gasteiger partial charge in [0, 0.05) is 23.6 Å². The van der Waals surface area contributed by atoms with Crippen molar-refractivity contribution < 1.29 is 19.0 Å². The molecule has 1 fully saturated rings. The molecule has 1 N–H and O–H groups in total. The van der Waals surface area contributed by atoms with Crippen molar-refractivity contribution in [2.75, 3.05) is 33.9 Å². The fourth-order valence-corrected chi connectivity index (χ4v) is 4.38. The fourth-order valence-electron chi connectivity index (χ4n) is 4.38. The first-order chi connectivity index (χ1) is 14.2. The molecule has 1 amide bonds. The minimum absolute atomic E-state index is 0.000131. The summed E-state index contributed by atoms with van der Waals surface area (Å²) in [5.41, 5.74) is 2.13. The zero-order valence-electron chi connectivity index (χ0n) is 17.0. The van der Waals surface area contributed by atoms with Crippen molar-refractivity contribution in [3.8, 4) is 17.2 Å². The summed E-state index contributed by atoms with van der Waals surface area (Å²) in [5.74, 6) is 2.54. The summed E-state index contributed by atoms with van der Waals surface area (Å²) >= 11 is 0. The van der Waals surface area contributed by atoms with E-state index < -0.39 is 0 Å². The highest BCUT2D eigenvalue weighted by atomic mass is 16.5. The van der Waals surface area contributed by atoms with E-state index in [-0.39, 0.29) is 18.0 Å². The van der Waals surface area contributed by atoms with Crippen molar-refractivity contribution in [2.45, 2.75) is 31.3 Å². The van der Waals surface area contributed by atoms with Crippen LogP contribution in [0.4, 0.5) is 0 Å². The Labute approximate surface area is 171 Å². The maximum absolute atomic E-state index is 12.9. The molecule has 0 radical (unpaired) electrons. The van der Waals surface area contributed by atoms with Crippen LogP contribution in [-0.2, 0) is 4.79 Å². The molecule has 6 heteroatoms. The van der Waals surface area contributed by atoms with Crippen molar-refractivity contribution in [1.82, 2.24) is 10.2 Å². The SMILES string of the molecule is COc1ccc(OC)c(C2CCCN2CC(=O)NC2CCOc3ccccc32)c1. The number of nitrogens with zero attached hydrogens (tertiary/aromatic N) is 1. The molecule has 1 saturated heterocycles. The summed E-state index contributed by atoms with van der Waals surface area (Å²) < 4.78 is 16.7. The maximum atomic E-state index is 12.9. The first-order valence-corrected chi connectivity index (χ1v) is 10.2. The number of fused-ring (bicyclic) bond motifs is 1. The minimum Gasteiger partial charge on any atom is -0.497 e. The number of carbonyl (C=O) groups is 1. The Balaban J connectivity index is 1.46. The highest BCUT2D eigenvalue weighted by molar-refractivity contribution is 5.79. The number of nitrogens with one attached hydrogen (secondary N) is 1. The van der Waals surface area contributed by atoms with Crippen molar-refractivity contribution in [3.63, 3.8) is 0 Å². The summed E-state index contributed by atoms with van der Waals surface area (Å²) in [7, 11) is 3.34. The van der Waals surface area contributed by atoms with Gasteiger partial charge in [-0.2, -0.15) is 0 Å². The summed E-state index contributed by atoms with van der Waals surface area (Å²) in [4.78, 5) is 15.1. The lowest BCUT2D eigenvalue weighted by Crippen LogP contribution is -2.40. The van der Waals surface area contributed by atoms with E-state index >= 15 is 0 Å². The molecule has 2 aliphatic heterocycles. The van der Waals surface area contributed by atoms with Gasteiger partial charge >= 0.3 is 0 Å². The van der Waals surface area contributed by atoms with E-state index in [1.165, 1.54) is 0 Å². The number of methoxy groups -OCH3 is 2. The fraction of sp³-hybridized carbons (Fsp3) is 0.435. The Morgan fingerprint density at radius 1 is 1.14 bits per heavy atom. The highest BCUT2D eigenvalue weighted by Gasteiger charge is 2.31. The summed E-state index contributed by atoms with van der Waals surface area (Å²) in [5, 5.41) is 3.21. The van der Waals surface area contributed by atoms with E-state index in [0.29, 0.717) is 13.2 Å². The van der Waals surface area contributed by atoms with Gasteiger partial charge in [-0.25, -0.2) is 0 Å². The van der Waals surface area contributed by atoms with Crippen LogP contribution in [0.15, 0.2) is 42.5 Å². The van der Waals surface area contributed by atoms with E-state index in [9.17, 15) is 4.79 Å². The smallest absolute Gasteiger partial charge is 0.234 e. The molecule has 2 aromatic rings. The van der Waals surface area contributed by atoms with Gasteiger partial charge in [0.15, 0.2) is 0 Å². The highest BCUT2D eigenvalue weighted by Crippen LogP contribution is 2.39. The zero-order chi connectivity index (χ0) is 20.2. The Morgan fingerprint density at radius 3 is 2.83 bits per heavy atom. The van der Waals surface area contributed by atoms with Gasteiger partial charge in [0.2, 0.25) is 5.91 Å². The van der Waals surface area contributed by atoms with Crippen LogP contribution in [0, 0.1) is 0 Å². The molecule has 2 atom stereocenters. The van der Waals surface area contributed by atoms with Crippen LogP contribution in [-0.4, -0.2) is 44.7 Å². The quantitative estimate of drug-likeness (QED) is 0.810. The van der Waals surface area contributed by atoms with Crippen LogP contribution in [0.3, 0.4) is 0 Å². The largest absolute Gasteiger partial charge is 0.497 e. The summed E-state index contributed by atoms with van der Waals surface area (Å²) in [6.45, 7) is 1.88. The number of ether oxygens (including phenoxy) is 3. The topological polar surface area (TPSA) is 60.0 Å². The predicted octanol–water partition coefficient (Wildman–Crippen LogP) is 3.48. The molecular weight excluding hydrogens is 368 g/mol. The molecule has 0 spiro atoms. The second-order valence-corrected chi connectivity index (χ2v) is 7.53. The van der Waals surface area contributed by atoms with Crippen molar-refractivity contribution in [3.05, 3.63) is 53.6 Å². The van der Waals surface area contributed by atoms with Gasteiger partial charge < -0.3 is 19.5 Å². The second kappa shape index (κ2) is 8.74. The van der Waals surface area contributed by atoms with Crippen LogP contribution in [0.2, 0.25) is 0 Å². The molecule has 0 saturated carbocycles. The first-order valence-electron chi connectivity index (χ1n) is 10.2. The van der Waals surface area contributed by atoms with Crippen molar-refractivity contribution in [1.29, 1.82) is 0 Å². The molecule has 6 nitrogen and oxygen atoms in total. The lowest BCUT2D eigenvalue weighted by molar-refractivity contribution is -0.123. The van der Waals surface area contributed by atoms with E-state index in [2.05, 4.69) is 10.2 Å². The molecule has 29 heavy (non-hydrogen) atoms. The third kappa shape index (κ3) is 4.17. The number of amides is 1. The van der Waals surface area contributed by atoms with E-state index in [4.69, 9.17) is 14.2 Å². The van der Waals surface area contributed by atoms with Crippen LogP contribution in [0.25, 0.3) is 0 Å². The van der Waals surface area contributed by atoms with Crippen LogP contribution in [0.5, 0.6) is 17.2 Å². The van der Waals surface area contributed by atoms with Gasteiger partial charge in [-0.1, -0.05) is 18.2 Å². The van der Waals surface area contributed by atoms with Crippen molar-refractivity contribution in [2.24, 2.45) is 0 Å². The molecule has 0 aliphatic carbocycles. The number of benzene rings is 2. The number of hydrogen-bond acceptors (Lipinski definition) is 5. The Hall–Kier alpha value is -2.73. The van der Waals surface area contributed by atoms with Gasteiger partial charge in [-0.05, 0) is 43.7 Å². The molecular formula is C23H28N2O4. The lowest BCUT2D eigenvalue weighted by Gasteiger charge is -2.29. The number of likely N-dealkylation sites (tertiary alicyclic amines) is 1. The standard InChI is InChI=1S/C23H28N2O4/c1-27-16-9-10-21(28-2)18(14-16)20-7-5-12-25(20)15-23(26)24-19-11-13-29-22-8-4-3-6-17(19)22/h3-4,6,8-10,14,19-20H,5,7,11-13,15H2,1-2H3,(H,24,26). The second-order valence-electron chi connectivity index (χ2n) is 7.53. The predicted molar refractivity (Wildman–Crippen MR) is 111 cm³/mol. The average Bonchev–Trinajstić information content (AvgIpc) is 3.21. The Kier molecular flexibility index (Phi) is 5.90. The van der Waals surface area contributed by atoms with Gasteiger partial charge in [-0.3, -0.25) is 9.69 Å². The molecule has 2 aromatic carbocycles. The Bertz CT molecular complexity index is 870. The third-order valence-electron chi connectivity index (χ3n) is 5.80. The monoisotopic (exact) mass is 396 g/mol. The molecule has 0 aromatic heterocycles. The molecule has 0 bridgehead atoms.